The van der Waals surface area contributed by atoms with E-state index in [1.165, 1.54) is 38.2 Å². The van der Waals surface area contributed by atoms with Gasteiger partial charge in [-0.05, 0) is 253 Å². The fraction of sp³-hybridized carbons (Fsp3) is 0.375. The molecular weight excluding hydrogens is 1540 g/mol. The zero-order valence-electron chi connectivity index (χ0n) is 68.8. The van der Waals surface area contributed by atoms with E-state index in [-0.39, 0.29) is 28.8 Å². The largest absolute Gasteiger partial charge is 0.505 e. The number of aromatic nitrogens is 6. The molecule has 0 radical (unpaired) electrons. The van der Waals surface area contributed by atoms with E-state index in [1.807, 2.05) is 146 Å². The molecule has 0 unspecified atom stereocenters. The van der Waals surface area contributed by atoms with Crippen LogP contribution in [0.4, 0.5) is 25.8 Å². The van der Waals surface area contributed by atoms with Crippen LogP contribution in [0.5, 0.6) is 51.7 Å². The summed E-state index contributed by atoms with van der Waals surface area (Å²) in [4.78, 5) is 53.7. The maximum Gasteiger partial charge on any atom is 0.168 e. The third-order valence-electron chi connectivity index (χ3n) is 23.6. The monoisotopic (exact) mass is 1640 g/mol. The number of halogens is 2. The molecule has 4 N–H and O–H groups in total. The molecule has 21 nitrogen and oxygen atoms in total. The lowest BCUT2D eigenvalue weighted by atomic mass is 10.00. The number of hydrogen-bond donors (Lipinski definition) is 4. The van der Waals surface area contributed by atoms with Gasteiger partial charge in [0.05, 0.1) is 52.7 Å². The number of benzene rings is 9. The maximum absolute atomic E-state index is 14.4. The highest BCUT2D eigenvalue weighted by Crippen LogP contribution is 2.43. The van der Waals surface area contributed by atoms with Gasteiger partial charge in [-0.15, -0.1) is 11.8 Å². The van der Waals surface area contributed by atoms with Gasteiger partial charge in [-0.2, -0.15) is 0 Å². The van der Waals surface area contributed by atoms with Gasteiger partial charge in [0.15, 0.2) is 40.5 Å². The average Bonchev–Trinajstić information content (AvgIpc) is 1.66. The number of aryl methyl sites for hydroxylation is 3. The predicted molar refractivity (Wildman–Crippen MR) is 465 cm³/mol. The first kappa shape index (κ1) is 82.4. The zero-order valence-corrected chi connectivity index (χ0v) is 69.6. The van der Waals surface area contributed by atoms with Gasteiger partial charge in [0.2, 0.25) is 0 Å². The summed E-state index contributed by atoms with van der Waals surface area (Å²) in [6.07, 6.45) is 22.4. The Hall–Kier alpha value is -11.3. The number of imidazole rings is 3. The van der Waals surface area contributed by atoms with Crippen molar-refractivity contribution in [3.63, 3.8) is 0 Å². The van der Waals surface area contributed by atoms with E-state index >= 15 is 0 Å². The van der Waals surface area contributed by atoms with Crippen molar-refractivity contribution in [1.29, 1.82) is 0 Å². The molecule has 6 fully saturated rings. The van der Waals surface area contributed by atoms with Crippen LogP contribution in [0, 0.1) is 67.9 Å². The number of ketones is 3. The van der Waals surface area contributed by atoms with Crippen LogP contribution in [0.25, 0.3) is 50.2 Å². The molecule has 12 aromatic rings. The lowest BCUT2D eigenvalue weighted by Crippen LogP contribution is -2.22. The smallest absolute Gasteiger partial charge is 0.168 e. The van der Waals surface area contributed by atoms with Gasteiger partial charge in [0.1, 0.15) is 75.8 Å². The van der Waals surface area contributed by atoms with Gasteiger partial charge in [-0.1, -0.05) is 0 Å². The van der Waals surface area contributed by atoms with Crippen LogP contribution in [-0.4, -0.2) is 131 Å². The molecule has 6 aliphatic rings. The molecule has 9 aromatic carbocycles. The van der Waals surface area contributed by atoms with E-state index < -0.39 is 17.4 Å². The number of aromatic hydroxyl groups is 1. The van der Waals surface area contributed by atoms with Gasteiger partial charge in [0.25, 0.3) is 0 Å². The Balaban J connectivity index is 0.000000134. The van der Waals surface area contributed by atoms with Crippen molar-refractivity contribution >= 4 is 79.3 Å². The topological polar surface area (TPSA) is 235 Å². The Labute approximate surface area is 701 Å². The van der Waals surface area contributed by atoms with E-state index in [9.17, 15) is 28.3 Å². The highest BCUT2D eigenvalue weighted by Gasteiger charge is 2.30. The molecule has 3 aliphatic heterocycles. The van der Waals surface area contributed by atoms with E-state index in [2.05, 4.69) is 26.6 Å². The number of Topliss-reactive ketones (excluding diaryl/α,β-unsaturated/α-hetero) is 3. The zero-order chi connectivity index (χ0) is 82.9. The average molecular weight is 1640 g/mol. The normalized spacial score (nSPS) is 15.8. The number of rotatable bonds is 30. The molecule has 0 bridgehead atoms. The number of fused-ring (bicyclic) bond motifs is 3. The molecule has 3 saturated carbocycles. The second-order valence-corrected chi connectivity index (χ2v) is 33.5. The third kappa shape index (κ3) is 20.1. The molecule has 0 atom stereocenters. The summed E-state index contributed by atoms with van der Waals surface area (Å²) in [6, 6.07) is 43.8. The lowest BCUT2D eigenvalue weighted by molar-refractivity contribution is 0.0698. The second kappa shape index (κ2) is 37.5. The number of hydrogen-bond acceptors (Lipinski definition) is 19. The number of phenols is 1. The van der Waals surface area contributed by atoms with Crippen molar-refractivity contribution < 1.29 is 66.2 Å². The first-order valence-electron chi connectivity index (χ1n) is 41.9. The minimum Gasteiger partial charge on any atom is -0.505 e. The number of nitrogens with zero attached hydrogens (tertiary/aromatic N) is 6. The highest BCUT2D eigenvalue weighted by atomic mass is 32.2. The minimum atomic E-state index is -0.747. The molecule has 624 valence electrons. The summed E-state index contributed by atoms with van der Waals surface area (Å²) >= 11 is 1.62. The van der Waals surface area contributed by atoms with Gasteiger partial charge in [0, 0.05) is 161 Å². The summed E-state index contributed by atoms with van der Waals surface area (Å²) in [6.45, 7) is 13.1. The lowest BCUT2D eigenvalue weighted by Gasteiger charge is -2.23. The van der Waals surface area contributed by atoms with Crippen molar-refractivity contribution in [3.05, 3.63) is 210 Å². The number of methoxy groups -OCH3 is 2. The Bertz CT molecular complexity index is 5720. The molecular formula is C96H103F2N9O12S. The van der Waals surface area contributed by atoms with E-state index in [1.54, 1.807) is 43.7 Å². The van der Waals surface area contributed by atoms with Crippen LogP contribution in [0.15, 0.2) is 169 Å². The summed E-state index contributed by atoms with van der Waals surface area (Å²) in [5.74, 6) is 6.38. The van der Waals surface area contributed by atoms with Gasteiger partial charge < -0.3 is 59.0 Å². The van der Waals surface area contributed by atoms with Crippen LogP contribution in [0.2, 0.25) is 0 Å². The van der Waals surface area contributed by atoms with Crippen molar-refractivity contribution in [1.82, 2.24) is 28.7 Å². The maximum atomic E-state index is 14.4. The van der Waals surface area contributed by atoms with Gasteiger partial charge >= 0.3 is 0 Å². The summed E-state index contributed by atoms with van der Waals surface area (Å²) < 4.78 is 80.1. The van der Waals surface area contributed by atoms with Crippen molar-refractivity contribution in [3.8, 4) is 68.8 Å². The molecule has 18 rings (SSSR count). The highest BCUT2D eigenvalue weighted by molar-refractivity contribution is 7.98. The van der Waals surface area contributed by atoms with Crippen LogP contribution in [0.1, 0.15) is 144 Å². The SMILES string of the molecule is COc1ccc(Oc2cc(NCC3CCOCC3)c3ncn(-c4ccc(C(=O)CC5CC5)c(C)c4)c3c2)cc1F.COc1ccc(Oc2cc(NCC3CCOCC3)c3ncn(-c4ccc(C(=O)CC5CC5)c(C)c4)c3c2)cc1SC.Cc1cc(-n2cnc3c(NCC4CCOCC4)cc(Oc4ccc(O)c(F)c4)cc32)ccc1C(=O)CC1CC1. The number of thioether (sulfide) groups is 1. The number of anilines is 3. The van der Waals surface area contributed by atoms with E-state index in [0.717, 1.165) is 252 Å². The van der Waals surface area contributed by atoms with Crippen molar-refractivity contribution in [2.24, 2.45) is 35.5 Å². The molecule has 3 aromatic heterocycles. The summed E-state index contributed by atoms with van der Waals surface area (Å²) in [7, 11) is 3.11. The van der Waals surface area contributed by atoms with Gasteiger partial charge in [-0.25, -0.2) is 23.7 Å². The van der Waals surface area contributed by atoms with Crippen LogP contribution < -0.4 is 39.6 Å². The van der Waals surface area contributed by atoms with E-state index in [4.69, 9.17) is 52.8 Å². The first-order chi connectivity index (χ1) is 58.4. The van der Waals surface area contributed by atoms with Crippen molar-refractivity contribution in [2.75, 3.05) is 95.7 Å². The van der Waals surface area contributed by atoms with E-state index in [0.29, 0.717) is 72.0 Å². The van der Waals surface area contributed by atoms with Crippen molar-refractivity contribution in [2.45, 2.75) is 122 Å². The summed E-state index contributed by atoms with van der Waals surface area (Å²) in [5.41, 5.74) is 15.7. The quantitative estimate of drug-likeness (QED) is 0.0242. The third-order valence-corrected chi connectivity index (χ3v) is 24.4. The molecule has 6 heterocycles. The van der Waals surface area contributed by atoms with Crippen LogP contribution >= 0.6 is 11.8 Å². The standard InChI is InChI=1S/C33H37N3O4S.C32H34FN3O4.C31H32FN3O4/c1-21-14-24(6-8-27(21)30(37)15-22-4-5-22)36-20-35-33-28(34-19-23-10-12-39-13-11-23)16-26(17-29(33)36)40-25-7-9-31(38-2)32(18-25)41-3;1-20-13-23(5-7-26(20)30(37)14-21-3-4-21)36-19-35-32-28(34-18-22-9-11-39-12-10-22)16-25(17-29(32)36)40-24-6-8-31(38-2)27(33)15-24;1-19-12-22(4-6-25(19)30(37)13-20-2-3-20)35-18-34-31-27(33-17-21-8-10-38-11-9-21)15-24(16-28(31)35)39-23-5-7-29(36)26(32)14-23/h6-9,14,16-18,20,22-23,34H,4-5,10-13,15,19H2,1-3H3;5-8,13,15-17,19,21-22,34H,3-4,9-12,14,18H2,1-2H3;4-7,12,14-16,18,20-21,33,36H,2-3,8-11,13,17H2,1H3. The fourth-order valence-electron chi connectivity index (χ4n) is 16.0. The van der Waals surface area contributed by atoms with Crippen LogP contribution in [-0.2, 0) is 14.2 Å². The Morgan fingerprint density at radius 2 is 0.742 bits per heavy atom. The number of carbonyl (C=O) groups is 3. The van der Waals surface area contributed by atoms with Gasteiger partial charge in [-0.3, -0.25) is 28.1 Å². The number of nitrogens with one attached hydrogen (secondary N) is 3. The molecule has 3 saturated heterocycles. The molecule has 120 heavy (non-hydrogen) atoms. The number of phenolic OH excluding ortho intramolecular Hbond substituents is 1. The Morgan fingerprint density at radius 3 is 1.06 bits per heavy atom. The minimum absolute atomic E-state index is 0.161. The molecule has 3 aliphatic carbocycles. The molecule has 0 spiro atoms. The number of ether oxygens (including phenoxy) is 8. The molecule has 0 amide bonds. The first-order valence-corrected chi connectivity index (χ1v) is 43.2. The summed E-state index contributed by atoms with van der Waals surface area (Å²) in [5, 5.41) is 20.4. The number of carbonyl (C=O) groups excluding carboxylic acids is 3. The second-order valence-electron chi connectivity index (χ2n) is 32.6. The van der Waals surface area contributed by atoms with Crippen LogP contribution in [0.3, 0.4) is 0 Å². The fourth-order valence-corrected chi connectivity index (χ4v) is 16.6. The molecule has 24 heteroatoms. The predicted octanol–water partition coefficient (Wildman–Crippen LogP) is 21.6. The Morgan fingerprint density at radius 1 is 0.408 bits per heavy atom. The Kier molecular flexibility index (Phi) is 25.8.